The fourth-order valence-corrected chi connectivity index (χ4v) is 6.19. The molecule has 4 aromatic heterocycles. The molecule has 6 heterocycles. The molecule has 0 bridgehead atoms. The maximum absolute atomic E-state index is 13.8. The van der Waals surface area contributed by atoms with Gasteiger partial charge >= 0.3 is 12.1 Å². The van der Waals surface area contributed by atoms with Gasteiger partial charge in [0.05, 0.1) is 37.6 Å². The number of nitrogens with one attached hydrogen (secondary N) is 2. The summed E-state index contributed by atoms with van der Waals surface area (Å²) in [4.78, 5) is 35.8. The predicted octanol–water partition coefficient (Wildman–Crippen LogP) is 6.20. The van der Waals surface area contributed by atoms with E-state index >= 15 is 0 Å². The molecule has 5 N–H and O–H groups in total. The minimum absolute atomic E-state index is 0.112. The monoisotopic (exact) mass is 899 g/mol. The zero-order chi connectivity index (χ0) is 46.6. The molecule has 66 heavy (non-hydrogen) atoms. The van der Waals surface area contributed by atoms with Gasteiger partial charge in [-0.2, -0.15) is 15.4 Å². The van der Waals surface area contributed by atoms with Crippen LogP contribution in [-0.4, -0.2) is 95.9 Å². The molecule has 9 rings (SSSR count). The molecule has 0 spiro atoms. The van der Waals surface area contributed by atoms with E-state index < -0.39 is 11.3 Å². The van der Waals surface area contributed by atoms with Crippen LogP contribution >= 0.6 is 0 Å². The molecule has 2 fully saturated rings. The van der Waals surface area contributed by atoms with Gasteiger partial charge in [0, 0.05) is 58.9 Å². The van der Waals surface area contributed by atoms with Crippen LogP contribution in [0.3, 0.4) is 0 Å². The van der Waals surface area contributed by atoms with Gasteiger partial charge in [0.25, 0.3) is 0 Å². The number of likely N-dealkylation sites (tertiary alicyclic amines) is 2. The molecular formula is C46H43F2N11O7. The van der Waals surface area contributed by atoms with E-state index in [1.54, 1.807) is 96.2 Å². The number of aryl methyl sites for hydroxylation is 2. The first-order chi connectivity index (χ1) is 31.9. The van der Waals surface area contributed by atoms with Crippen LogP contribution in [0, 0.1) is 30.7 Å². The number of pyridine rings is 2. The van der Waals surface area contributed by atoms with Crippen molar-refractivity contribution in [1.29, 1.82) is 0 Å². The lowest BCUT2D eigenvalue weighted by atomic mass is 10.1. The second kappa shape index (κ2) is 21.5. The fourth-order valence-electron chi connectivity index (χ4n) is 6.19. The van der Waals surface area contributed by atoms with Crippen molar-refractivity contribution in [2.24, 2.45) is 0 Å². The molecule has 20 heteroatoms. The number of quaternary nitrogens is 1. The molecule has 1 atom stereocenters. The number of rotatable bonds is 9. The Hall–Kier alpha value is -8.20. The second-order valence-corrected chi connectivity index (χ2v) is 14.8. The number of nitrogens with two attached hydrogens (primary N) is 1. The summed E-state index contributed by atoms with van der Waals surface area (Å²) in [6, 6.07) is 32.2. The van der Waals surface area contributed by atoms with Gasteiger partial charge in [0.15, 0.2) is 11.5 Å². The minimum atomic E-state index is -1.05. The summed E-state index contributed by atoms with van der Waals surface area (Å²) in [5, 5.41) is 36.5. The average molecular weight is 900 g/mol. The van der Waals surface area contributed by atoms with Crippen LogP contribution in [0.5, 0.6) is 17.5 Å². The van der Waals surface area contributed by atoms with E-state index in [-0.39, 0.29) is 41.3 Å². The third-order valence-corrected chi connectivity index (χ3v) is 9.82. The predicted molar refractivity (Wildman–Crippen MR) is 236 cm³/mol. The van der Waals surface area contributed by atoms with Crippen LogP contribution in [-0.2, 0) is 0 Å². The number of halogens is 2. The second-order valence-electron chi connectivity index (χ2n) is 14.8. The summed E-state index contributed by atoms with van der Waals surface area (Å²) in [6.07, 6.45) is 2.22. The molecule has 7 aromatic rings. The molecule has 3 amide bonds. The van der Waals surface area contributed by atoms with Crippen LogP contribution in [0.25, 0.3) is 22.3 Å². The Morgan fingerprint density at radius 3 is 1.64 bits per heavy atom. The number of aromatic nitrogens is 6. The van der Waals surface area contributed by atoms with Gasteiger partial charge < -0.3 is 35.0 Å². The van der Waals surface area contributed by atoms with Crippen LogP contribution in [0.2, 0.25) is 0 Å². The SMILES string of the molecule is Cc1ccc(N)nn1.Cc1ccc(NC(=O)N2CC(Oc3ccc(-c4ccccc4F)cn3)C2)nn1.O=C(Oc1ccc([NH+]([O-])O)cc1)N1CC(Oc2ccc(-c3ccccc3F)cn2)C1. The summed E-state index contributed by atoms with van der Waals surface area (Å²) >= 11 is 0. The lowest BCUT2D eigenvalue weighted by molar-refractivity contribution is -0.991. The maximum atomic E-state index is 13.8. The van der Waals surface area contributed by atoms with Crippen molar-refractivity contribution < 1.29 is 43.0 Å². The van der Waals surface area contributed by atoms with Crippen molar-refractivity contribution in [1.82, 2.24) is 40.2 Å². The third-order valence-electron chi connectivity index (χ3n) is 9.82. The number of anilines is 2. The highest BCUT2D eigenvalue weighted by molar-refractivity contribution is 5.88. The molecule has 3 aromatic carbocycles. The zero-order valence-corrected chi connectivity index (χ0v) is 35.5. The van der Waals surface area contributed by atoms with Crippen molar-refractivity contribution in [2.45, 2.75) is 26.1 Å². The number of amides is 3. The smallest absolute Gasteiger partial charge is 0.415 e. The van der Waals surface area contributed by atoms with E-state index in [0.29, 0.717) is 71.8 Å². The Labute approximate surface area is 376 Å². The molecule has 0 radical (unpaired) electrons. The average Bonchev–Trinajstić information content (AvgIpc) is 3.29. The van der Waals surface area contributed by atoms with Crippen LogP contribution in [0.1, 0.15) is 11.4 Å². The number of nitrogen functional groups attached to an aromatic ring is 1. The molecule has 2 saturated heterocycles. The number of nitrogens with zero attached hydrogens (tertiary/aromatic N) is 8. The fraction of sp³-hybridized carbons (Fsp3) is 0.174. The standard InChI is InChI=1S/C21H18FN3O5.C20H18FN5O2.C5H7N3/c22-19-4-2-1-3-18(19)14-5-10-20(23-11-14)29-17-12-24(13-17)21(26)30-16-8-6-15(7-9-16)25(27)28;1-13-6-8-18(25-24-13)23-20(27)26-11-15(12-26)28-19-9-7-14(10-22-19)16-4-2-3-5-17(16)21;1-4-2-3-5(6)8-7-4/h1-11,17,25,27H,12-13H2;2-10,15H,11-12H2,1H3,(H,23,25,27);2-3H,1H3,(H2,6,8). The molecule has 2 aliphatic heterocycles. The number of hydrogen-bond donors (Lipinski definition) is 4. The molecule has 0 aliphatic carbocycles. The summed E-state index contributed by atoms with van der Waals surface area (Å²) in [7, 11) is 0. The van der Waals surface area contributed by atoms with E-state index in [4.69, 9.17) is 25.2 Å². The largest absolute Gasteiger partial charge is 0.595 e. The van der Waals surface area contributed by atoms with E-state index in [0.717, 1.165) is 11.4 Å². The number of ether oxygens (including phenoxy) is 3. The first kappa shape index (κ1) is 45.8. The van der Waals surface area contributed by atoms with Crippen molar-refractivity contribution in [2.75, 3.05) is 37.2 Å². The van der Waals surface area contributed by atoms with Crippen molar-refractivity contribution in [3.8, 4) is 39.8 Å². The highest BCUT2D eigenvalue weighted by Gasteiger charge is 2.34. The number of benzene rings is 3. The van der Waals surface area contributed by atoms with E-state index in [9.17, 15) is 23.6 Å². The lowest BCUT2D eigenvalue weighted by Crippen LogP contribution is -2.99. The Morgan fingerprint density at radius 1 is 0.682 bits per heavy atom. The van der Waals surface area contributed by atoms with E-state index in [2.05, 4.69) is 35.7 Å². The van der Waals surface area contributed by atoms with Crippen LogP contribution < -0.4 is 30.5 Å². The highest BCUT2D eigenvalue weighted by Crippen LogP contribution is 2.26. The number of hydrogen-bond acceptors (Lipinski definition) is 14. The Morgan fingerprint density at radius 2 is 1.20 bits per heavy atom. The van der Waals surface area contributed by atoms with Gasteiger partial charge in [-0.3, -0.25) is 5.32 Å². The van der Waals surface area contributed by atoms with Gasteiger partial charge in [-0.25, -0.2) is 33.5 Å². The number of carbonyl (C=O) groups excluding carboxylic acids is 2. The highest BCUT2D eigenvalue weighted by atomic mass is 19.1. The number of urea groups is 1. The first-order valence-electron chi connectivity index (χ1n) is 20.3. The van der Waals surface area contributed by atoms with E-state index in [1.165, 1.54) is 41.3 Å². The van der Waals surface area contributed by atoms with Crippen LogP contribution in [0.4, 0.5) is 35.7 Å². The zero-order valence-electron chi connectivity index (χ0n) is 35.5. The van der Waals surface area contributed by atoms with Crippen molar-refractivity contribution >= 4 is 29.4 Å². The molecular weight excluding hydrogens is 857 g/mol. The quantitative estimate of drug-likeness (QED) is 0.118. The first-order valence-corrected chi connectivity index (χ1v) is 20.3. The van der Waals surface area contributed by atoms with E-state index in [1.807, 2.05) is 19.9 Å². The van der Waals surface area contributed by atoms with Gasteiger partial charge in [0.1, 0.15) is 35.4 Å². The Balaban J connectivity index is 0.000000168. The lowest BCUT2D eigenvalue weighted by Gasteiger charge is -2.38. The third kappa shape index (κ3) is 12.5. The molecule has 2 aliphatic rings. The Bertz CT molecular complexity index is 2670. The molecule has 0 saturated carbocycles. The van der Waals surface area contributed by atoms with Gasteiger partial charge in [0.2, 0.25) is 11.8 Å². The van der Waals surface area contributed by atoms with Crippen molar-refractivity contribution in [3.63, 3.8) is 0 Å². The number of carbonyl (C=O) groups is 2. The van der Waals surface area contributed by atoms with Crippen molar-refractivity contribution in [3.05, 3.63) is 162 Å². The summed E-state index contributed by atoms with van der Waals surface area (Å²) in [6.45, 7) is 5.26. The topological polar surface area (TPSA) is 231 Å². The Kier molecular flexibility index (Phi) is 14.9. The summed E-state index contributed by atoms with van der Waals surface area (Å²) < 4.78 is 44.4. The maximum Gasteiger partial charge on any atom is 0.415 e. The van der Waals surface area contributed by atoms with Gasteiger partial charge in [-0.1, -0.05) is 36.4 Å². The molecule has 338 valence electrons. The van der Waals surface area contributed by atoms with Gasteiger partial charge in [-0.15, -0.1) is 10.2 Å². The molecule has 1 unspecified atom stereocenters. The normalized spacial score (nSPS) is 13.6. The molecule has 18 nitrogen and oxygen atoms in total. The summed E-state index contributed by atoms with van der Waals surface area (Å²) in [5.41, 5.74) is 9.32. The summed E-state index contributed by atoms with van der Waals surface area (Å²) in [5.74, 6) is 1.35. The van der Waals surface area contributed by atoms with Crippen LogP contribution in [0.15, 0.2) is 134 Å². The minimum Gasteiger partial charge on any atom is -0.595 e. The van der Waals surface area contributed by atoms with Gasteiger partial charge in [-0.05, 0) is 74.5 Å².